The largest absolute Gasteiger partial charge is 0.450 e. The van der Waals surface area contributed by atoms with E-state index in [9.17, 15) is 22.0 Å². The first-order valence-electron chi connectivity index (χ1n) is 8.88. The molecule has 4 bridgehead atoms. The summed E-state index contributed by atoms with van der Waals surface area (Å²) in [7, 11) is -5.39. The summed E-state index contributed by atoms with van der Waals surface area (Å²) < 4.78 is 60.6. The number of amides is 1. The van der Waals surface area contributed by atoms with Crippen LogP contribution in [0.1, 0.15) is 57.8 Å². The maximum absolute atomic E-state index is 13.0. The minimum Gasteiger partial charge on any atom is -0.450 e. The van der Waals surface area contributed by atoms with E-state index in [0.29, 0.717) is 17.8 Å². The molecule has 0 aromatic heterocycles. The van der Waals surface area contributed by atoms with Crippen molar-refractivity contribution < 1.29 is 31.3 Å². The molecular weight excluding hydrogens is 356 g/mol. The molecule has 144 valence electrons. The van der Waals surface area contributed by atoms with Gasteiger partial charge in [-0.1, -0.05) is 0 Å². The molecule has 4 aliphatic carbocycles. The summed E-state index contributed by atoms with van der Waals surface area (Å²) in [6.45, 7) is -0.0558. The van der Waals surface area contributed by atoms with Gasteiger partial charge in [0.1, 0.15) is 0 Å². The van der Waals surface area contributed by atoms with Gasteiger partial charge in [0.05, 0.1) is 6.61 Å². The molecule has 0 unspecified atom stereocenters. The number of carbonyl (C=O) groups excluding carboxylic acids is 1. The Morgan fingerprint density at radius 2 is 1.64 bits per heavy atom. The van der Waals surface area contributed by atoms with E-state index in [1.165, 1.54) is 19.3 Å². The molecule has 0 radical (unpaired) electrons. The number of unbranched alkanes of at least 4 members (excludes halogenated alkanes) is 1. The number of nitrogens with one attached hydrogen (secondary N) is 1. The Morgan fingerprint density at radius 3 is 2.12 bits per heavy atom. The van der Waals surface area contributed by atoms with Gasteiger partial charge < -0.3 is 10.1 Å². The fraction of sp³-hybridized carbons (Fsp3) is 0.938. The number of alkyl carbamates (subject to hydrolysis) is 1. The standard InChI is InChI=1S/C16H25F2NO5S/c17-16(18,25(21,22)23)3-1-2-4-24-14(20)19-15-8-11-5-12(9-15)7-13(6-11)10-15/h11-13H,1-10H2,(H,19,20)(H,21,22,23). The molecule has 6 nitrogen and oxygen atoms in total. The van der Waals surface area contributed by atoms with E-state index >= 15 is 0 Å². The van der Waals surface area contributed by atoms with Crippen LogP contribution in [0, 0.1) is 17.8 Å². The van der Waals surface area contributed by atoms with Gasteiger partial charge in [-0.25, -0.2) is 4.79 Å². The summed E-state index contributed by atoms with van der Waals surface area (Å²) in [5.74, 6) is 2.07. The third-order valence-electron chi connectivity index (χ3n) is 5.88. The lowest BCUT2D eigenvalue weighted by molar-refractivity contribution is -0.0192. The van der Waals surface area contributed by atoms with Gasteiger partial charge in [0.2, 0.25) is 0 Å². The van der Waals surface area contributed by atoms with Crippen molar-refractivity contribution in [2.75, 3.05) is 6.61 Å². The second-order valence-electron chi connectivity index (χ2n) is 8.03. The number of rotatable bonds is 7. The molecule has 4 fully saturated rings. The minimum atomic E-state index is -5.39. The third kappa shape index (κ3) is 4.24. The molecule has 0 spiro atoms. The van der Waals surface area contributed by atoms with Crippen molar-refractivity contribution in [3.63, 3.8) is 0 Å². The van der Waals surface area contributed by atoms with E-state index in [1.807, 2.05) is 0 Å². The van der Waals surface area contributed by atoms with E-state index in [1.54, 1.807) is 0 Å². The van der Waals surface area contributed by atoms with Gasteiger partial charge in [-0.05, 0) is 69.1 Å². The van der Waals surface area contributed by atoms with Crippen molar-refractivity contribution in [2.45, 2.75) is 68.6 Å². The van der Waals surface area contributed by atoms with Crippen LogP contribution >= 0.6 is 0 Å². The monoisotopic (exact) mass is 381 g/mol. The van der Waals surface area contributed by atoms with Crippen LogP contribution in [0.3, 0.4) is 0 Å². The Labute approximate surface area is 146 Å². The second kappa shape index (κ2) is 6.64. The summed E-state index contributed by atoms with van der Waals surface area (Å²) in [5.41, 5.74) is -0.163. The van der Waals surface area contributed by atoms with Crippen LogP contribution in [0.15, 0.2) is 0 Å². The second-order valence-corrected chi connectivity index (χ2v) is 9.58. The van der Waals surface area contributed by atoms with E-state index in [2.05, 4.69) is 5.32 Å². The molecule has 4 saturated carbocycles. The summed E-state index contributed by atoms with van der Waals surface area (Å²) >= 11 is 0. The van der Waals surface area contributed by atoms with Crippen LogP contribution in [-0.2, 0) is 14.9 Å². The zero-order valence-electron chi connectivity index (χ0n) is 14.0. The third-order valence-corrected chi connectivity index (χ3v) is 6.84. The van der Waals surface area contributed by atoms with Gasteiger partial charge in [-0.2, -0.15) is 17.2 Å². The maximum atomic E-state index is 13.0. The van der Waals surface area contributed by atoms with Crippen molar-refractivity contribution in [3.05, 3.63) is 0 Å². The Balaban J connectivity index is 1.38. The lowest BCUT2D eigenvalue weighted by atomic mass is 9.53. The first kappa shape index (κ1) is 18.8. The Kier molecular flexibility index (Phi) is 5.00. The number of hydrogen-bond donors (Lipinski definition) is 2. The number of halogens is 2. The van der Waals surface area contributed by atoms with Crippen LogP contribution in [0.2, 0.25) is 0 Å². The van der Waals surface area contributed by atoms with Crippen LogP contribution in [0.4, 0.5) is 13.6 Å². The van der Waals surface area contributed by atoms with Gasteiger partial charge in [-0.3, -0.25) is 4.55 Å². The quantitative estimate of drug-likeness (QED) is 0.521. The highest BCUT2D eigenvalue weighted by Gasteiger charge is 2.51. The zero-order chi connectivity index (χ0) is 18.3. The van der Waals surface area contributed by atoms with Crippen molar-refractivity contribution in [1.29, 1.82) is 0 Å². The normalized spacial score (nSPS) is 34.1. The molecule has 4 rings (SSSR count). The molecular formula is C16H25F2NO5S. The molecule has 0 aromatic rings. The Morgan fingerprint density at radius 1 is 1.12 bits per heavy atom. The van der Waals surface area contributed by atoms with Crippen LogP contribution in [-0.4, -0.2) is 36.5 Å². The maximum Gasteiger partial charge on any atom is 0.407 e. The predicted octanol–water partition coefficient (Wildman–Crippen LogP) is 3.33. The predicted molar refractivity (Wildman–Crippen MR) is 85.7 cm³/mol. The van der Waals surface area contributed by atoms with Crippen LogP contribution in [0.25, 0.3) is 0 Å². The van der Waals surface area contributed by atoms with Gasteiger partial charge in [0, 0.05) is 12.0 Å². The topological polar surface area (TPSA) is 92.7 Å². The lowest BCUT2D eigenvalue weighted by Gasteiger charge is -2.56. The molecule has 0 aromatic carbocycles. The molecule has 0 aliphatic heterocycles. The van der Waals surface area contributed by atoms with Gasteiger partial charge in [0.25, 0.3) is 0 Å². The van der Waals surface area contributed by atoms with Crippen molar-refractivity contribution in [1.82, 2.24) is 5.32 Å². The Bertz CT molecular complexity index is 587. The van der Waals surface area contributed by atoms with E-state index < -0.39 is 27.9 Å². The molecule has 1 amide bonds. The summed E-state index contributed by atoms with van der Waals surface area (Å²) in [4.78, 5) is 12.0. The number of hydrogen-bond acceptors (Lipinski definition) is 4. The van der Waals surface area contributed by atoms with Crippen molar-refractivity contribution >= 4 is 16.2 Å². The zero-order valence-corrected chi connectivity index (χ0v) is 14.9. The number of carbonyl (C=O) groups is 1. The molecule has 0 atom stereocenters. The highest BCUT2D eigenvalue weighted by molar-refractivity contribution is 7.86. The van der Waals surface area contributed by atoms with E-state index in [0.717, 1.165) is 19.3 Å². The smallest absolute Gasteiger partial charge is 0.407 e. The summed E-state index contributed by atoms with van der Waals surface area (Å²) in [5, 5.41) is -1.15. The average molecular weight is 381 g/mol. The van der Waals surface area contributed by atoms with Crippen molar-refractivity contribution in [2.24, 2.45) is 17.8 Å². The fourth-order valence-electron chi connectivity index (χ4n) is 5.24. The van der Waals surface area contributed by atoms with E-state index in [4.69, 9.17) is 9.29 Å². The molecule has 4 aliphatic rings. The summed E-state index contributed by atoms with van der Waals surface area (Å²) in [6.07, 6.45) is 5.19. The highest BCUT2D eigenvalue weighted by Crippen LogP contribution is 2.55. The molecule has 0 saturated heterocycles. The summed E-state index contributed by atoms with van der Waals surface area (Å²) in [6, 6.07) is 0. The Hall–Kier alpha value is -0.960. The van der Waals surface area contributed by atoms with Gasteiger partial charge >= 0.3 is 21.5 Å². The SMILES string of the molecule is O=C(NC12CC3CC(CC(C3)C1)C2)OCCCCC(F)(F)S(=O)(=O)O. The van der Waals surface area contributed by atoms with Crippen molar-refractivity contribution in [3.8, 4) is 0 Å². The van der Waals surface area contributed by atoms with Gasteiger partial charge in [-0.15, -0.1) is 0 Å². The molecule has 9 heteroatoms. The lowest BCUT2D eigenvalue weighted by Crippen LogP contribution is -2.59. The van der Waals surface area contributed by atoms with Crippen LogP contribution in [0.5, 0.6) is 0 Å². The number of ether oxygens (including phenoxy) is 1. The molecule has 0 heterocycles. The first-order valence-corrected chi connectivity index (χ1v) is 10.3. The van der Waals surface area contributed by atoms with Gasteiger partial charge in [0.15, 0.2) is 0 Å². The fourth-order valence-corrected chi connectivity index (χ4v) is 5.65. The highest BCUT2D eigenvalue weighted by atomic mass is 32.2. The van der Waals surface area contributed by atoms with Crippen LogP contribution < -0.4 is 5.32 Å². The molecule has 2 N–H and O–H groups in total. The average Bonchev–Trinajstić information content (AvgIpc) is 2.43. The van der Waals surface area contributed by atoms with E-state index in [-0.39, 0.29) is 25.0 Å². The number of alkyl halides is 2. The first-order chi connectivity index (χ1) is 11.6. The minimum absolute atomic E-state index is 0.0558. The molecule has 25 heavy (non-hydrogen) atoms.